The summed E-state index contributed by atoms with van der Waals surface area (Å²) >= 11 is 0. The van der Waals surface area contributed by atoms with E-state index in [4.69, 9.17) is 5.73 Å². The van der Waals surface area contributed by atoms with Crippen LogP contribution in [0.15, 0.2) is 24.3 Å². The molecule has 0 atom stereocenters. The first-order valence-corrected chi connectivity index (χ1v) is 4.38. The molecule has 2 N–H and O–H groups in total. The first-order valence-electron chi connectivity index (χ1n) is 4.38. The number of anilines is 2. The highest BCUT2D eigenvalue weighted by Gasteiger charge is 1.99. The third-order valence-electron chi connectivity index (χ3n) is 2.00. The zero-order chi connectivity index (χ0) is 8.97. The van der Waals surface area contributed by atoms with Gasteiger partial charge in [0.15, 0.2) is 0 Å². The molecule has 0 spiro atoms. The van der Waals surface area contributed by atoms with Gasteiger partial charge in [0, 0.05) is 24.5 Å². The van der Waals surface area contributed by atoms with E-state index in [2.05, 4.69) is 24.8 Å². The molecule has 0 aromatic heterocycles. The molecule has 0 aliphatic rings. The molecule has 0 radical (unpaired) electrons. The van der Waals surface area contributed by atoms with Crippen molar-refractivity contribution >= 4 is 11.4 Å². The molecule has 0 saturated carbocycles. The zero-order valence-corrected chi connectivity index (χ0v) is 8.16. The van der Waals surface area contributed by atoms with Gasteiger partial charge in [0.05, 0.1) is 0 Å². The van der Waals surface area contributed by atoms with Crippen LogP contribution in [-0.4, -0.2) is 13.1 Å². The number of benzene rings is 1. The molecule has 0 fully saturated rings. The van der Waals surface area contributed by atoms with Crippen molar-refractivity contribution in [2.45, 2.75) is 13.8 Å². The second-order valence-corrected chi connectivity index (χ2v) is 2.77. The summed E-state index contributed by atoms with van der Waals surface area (Å²) in [5.41, 5.74) is 7.72. The number of nitrogens with zero attached hydrogens (tertiary/aromatic N) is 1. The highest BCUT2D eigenvalue weighted by molar-refractivity contribution is 5.55. The maximum atomic E-state index is 5.68. The predicted octanol–water partition coefficient (Wildman–Crippen LogP) is 2.27. The fourth-order valence-electron chi connectivity index (χ4n) is 1.31. The van der Waals surface area contributed by atoms with Crippen molar-refractivity contribution in [3.63, 3.8) is 0 Å². The fourth-order valence-corrected chi connectivity index (χ4v) is 1.31. The Bertz CT molecular complexity index is 246. The summed E-state index contributed by atoms with van der Waals surface area (Å²) in [6.45, 7) is 6.35. The van der Waals surface area contributed by atoms with Crippen LogP contribution in [0.25, 0.3) is 0 Å². The topological polar surface area (TPSA) is 29.3 Å². The summed E-state index contributed by atoms with van der Waals surface area (Å²) < 4.78 is 0. The van der Waals surface area contributed by atoms with E-state index in [1.165, 1.54) is 5.69 Å². The van der Waals surface area contributed by atoms with Gasteiger partial charge in [-0.2, -0.15) is 0 Å². The predicted molar refractivity (Wildman–Crippen MR) is 56.9 cm³/mol. The van der Waals surface area contributed by atoms with Crippen LogP contribution >= 0.6 is 0 Å². The summed E-state index contributed by atoms with van der Waals surface area (Å²) in [6.07, 6.45) is 0. The van der Waals surface area contributed by atoms with Gasteiger partial charge in [-0.25, -0.2) is 0 Å². The van der Waals surface area contributed by atoms with E-state index in [0.29, 0.717) is 0 Å². The number of rotatable bonds is 3. The van der Waals surface area contributed by atoms with Crippen molar-refractivity contribution in [2.24, 2.45) is 0 Å². The van der Waals surface area contributed by atoms with Crippen molar-refractivity contribution in [3.8, 4) is 0 Å². The average Bonchev–Trinajstić information content (AvgIpc) is 2.07. The Balaban J connectivity index is 0.00000144. The van der Waals surface area contributed by atoms with E-state index in [1.54, 1.807) is 0 Å². The van der Waals surface area contributed by atoms with Gasteiger partial charge in [-0.3, -0.25) is 4.70 Å². The Morgan fingerprint density at radius 2 is 1.85 bits per heavy atom. The number of halogens is 1. The van der Waals surface area contributed by atoms with Crippen molar-refractivity contribution in [3.05, 3.63) is 24.3 Å². The summed E-state index contributed by atoms with van der Waals surface area (Å²) in [6, 6.07) is 7.99. The molecular weight excluding hydrogens is 167 g/mol. The summed E-state index contributed by atoms with van der Waals surface area (Å²) in [5, 5.41) is 0. The Morgan fingerprint density at radius 1 is 1.23 bits per heavy atom. The third kappa shape index (κ3) is 2.93. The lowest BCUT2D eigenvalue weighted by Crippen LogP contribution is -2.21. The number of hydrogen-bond acceptors (Lipinski definition) is 2. The fraction of sp³-hybridized carbons (Fsp3) is 0.400. The lowest BCUT2D eigenvalue weighted by Gasteiger charge is -2.20. The Hall–Kier alpha value is -1.25. The third-order valence-corrected chi connectivity index (χ3v) is 2.00. The monoisotopic (exact) mass is 184 g/mol. The molecular formula is C10H17FN2. The van der Waals surface area contributed by atoms with E-state index < -0.39 is 0 Å². The maximum Gasteiger partial charge on any atom is 0.0386 e. The smallest absolute Gasteiger partial charge is 0.0386 e. The molecule has 0 aliphatic heterocycles. The van der Waals surface area contributed by atoms with Crippen molar-refractivity contribution in [1.29, 1.82) is 0 Å². The first kappa shape index (κ1) is 11.8. The van der Waals surface area contributed by atoms with Crippen LogP contribution in [0.3, 0.4) is 0 Å². The maximum absolute atomic E-state index is 5.68. The van der Waals surface area contributed by atoms with Crippen molar-refractivity contribution < 1.29 is 4.70 Å². The van der Waals surface area contributed by atoms with Crippen LogP contribution in [0.2, 0.25) is 0 Å². The first-order chi connectivity index (χ1) is 5.77. The van der Waals surface area contributed by atoms with Crippen LogP contribution in [0, 0.1) is 0 Å². The molecule has 2 nitrogen and oxygen atoms in total. The molecule has 1 aromatic carbocycles. The van der Waals surface area contributed by atoms with Gasteiger partial charge >= 0.3 is 0 Å². The van der Waals surface area contributed by atoms with E-state index in [9.17, 15) is 0 Å². The molecule has 3 heteroatoms. The summed E-state index contributed by atoms with van der Waals surface area (Å²) in [7, 11) is 0. The molecule has 0 bridgehead atoms. The van der Waals surface area contributed by atoms with Gasteiger partial charge in [-0.1, -0.05) is 6.07 Å². The molecule has 0 aliphatic carbocycles. The molecule has 0 amide bonds. The van der Waals surface area contributed by atoms with Gasteiger partial charge < -0.3 is 10.6 Å². The highest BCUT2D eigenvalue weighted by atomic mass is 19.0. The van der Waals surface area contributed by atoms with Gasteiger partial charge in [0.2, 0.25) is 0 Å². The molecule has 1 rings (SSSR count). The van der Waals surface area contributed by atoms with Crippen LogP contribution in [-0.2, 0) is 0 Å². The lowest BCUT2D eigenvalue weighted by molar-refractivity contribution is 0.867. The lowest BCUT2D eigenvalue weighted by atomic mass is 10.2. The second-order valence-electron chi connectivity index (χ2n) is 2.77. The van der Waals surface area contributed by atoms with Crippen LogP contribution < -0.4 is 10.6 Å². The van der Waals surface area contributed by atoms with E-state index in [-0.39, 0.29) is 4.70 Å². The van der Waals surface area contributed by atoms with Crippen LogP contribution in [0.1, 0.15) is 13.8 Å². The Labute approximate surface area is 78.7 Å². The normalized spacial score (nSPS) is 9.08. The van der Waals surface area contributed by atoms with E-state index in [1.807, 2.05) is 18.2 Å². The van der Waals surface area contributed by atoms with Gasteiger partial charge in [0.25, 0.3) is 0 Å². The van der Waals surface area contributed by atoms with Crippen molar-refractivity contribution in [2.75, 3.05) is 23.7 Å². The minimum Gasteiger partial charge on any atom is -0.399 e. The molecule has 0 unspecified atom stereocenters. The molecule has 1 aromatic rings. The standard InChI is InChI=1S/C10H16N2.FH/c1-3-12(4-2)10-7-5-6-9(11)8-10;/h5-8H,3-4,11H2,1-2H3;1H. The Kier molecular flexibility index (Phi) is 4.89. The number of hydrogen-bond donors (Lipinski definition) is 1. The molecule has 74 valence electrons. The van der Waals surface area contributed by atoms with E-state index in [0.717, 1.165) is 18.8 Å². The quantitative estimate of drug-likeness (QED) is 0.730. The Morgan fingerprint density at radius 3 is 2.31 bits per heavy atom. The van der Waals surface area contributed by atoms with Crippen molar-refractivity contribution in [1.82, 2.24) is 0 Å². The van der Waals surface area contributed by atoms with E-state index >= 15 is 0 Å². The molecule has 0 heterocycles. The zero-order valence-electron chi connectivity index (χ0n) is 8.16. The second kappa shape index (κ2) is 5.41. The SMILES string of the molecule is CCN(CC)c1cccc(N)c1.F. The molecule has 13 heavy (non-hydrogen) atoms. The largest absolute Gasteiger partial charge is 0.399 e. The van der Waals surface area contributed by atoms with Gasteiger partial charge in [-0.05, 0) is 32.0 Å². The minimum absolute atomic E-state index is 0. The summed E-state index contributed by atoms with van der Waals surface area (Å²) in [5.74, 6) is 0. The summed E-state index contributed by atoms with van der Waals surface area (Å²) in [4.78, 5) is 2.27. The van der Waals surface area contributed by atoms with Gasteiger partial charge in [-0.15, -0.1) is 0 Å². The highest BCUT2D eigenvalue weighted by Crippen LogP contribution is 2.16. The van der Waals surface area contributed by atoms with Crippen LogP contribution in [0.5, 0.6) is 0 Å². The molecule has 0 saturated heterocycles. The number of nitrogens with two attached hydrogens (primary N) is 1. The minimum atomic E-state index is 0. The number of nitrogen functional groups attached to an aromatic ring is 1. The average molecular weight is 184 g/mol. The van der Waals surface area contributed by atoms with Gasteiger partial charge in [0.1, 0.15) is 0 Å². The van der Waals surface area contributed by atoms with Crippen LogP contribution in [0.4, 0.5) is 16.1 Å².